The van der Waals surface area contributed by atoms with E-state index in [1.807, 2.05) is 6.92 Å². The van der Waals surface area contributed by atoms with Crippen LogP contribution < -0.4 is 14.5 Å². The Morgan fingerprint density at radius 2 is 1.78 bits per heavy atom. The summed E-state index contributed by atoms with van der Waals surface area (Å²) < 4.78 is 33.1. The molecule has 9 heteroatoms. The lowest BCUT2D eigenvalue weighted by Crippen LogP contribution is -2.39. The number of ether oxygens (including phenoxy) is 1. The second-order valence-corrected chi connectivity index (χ2v) is 8.90. The highest BCUT2D eigenvalue weighted by molar-refractivity contribution is 7.92. The maximum absolute atomic E-state index is 13.3. The van der Waals surface area contributed by atoms with Crippen molar-refractivity contribution in [3.05, 3.63) is 89.4 Å². The van der Waals surface area contributed by atoms with E-state index in [4.69, 9.17) is 16.3 Å². The number of anilines is 1. The minimum absolute atomic E-state index is 0.0417. The lowest BCUT2D eigenvalue weighted by Gasteiger charge is -2.23. The SMILES string of the molecule is CCOc1ccc(S(=O)(=O)N(CC(=O)N/N=C\c2cccc(Cl)c2)c2ccccc2)cc1. The van der Waals surface area contributed by atoms with Gasteiger partial charge in [0.2, 0.25) is 0 Å². The first-order chi connectivity index (χ1) is 15.4. The highest BCUT2D eigenvalue weighted by atomic mass is 35.5. The monoisotopic (exact) mass is 471 g/mol. The van der Waals surface area contributed by atoms with Crippen molar-refractivity contribution in [1.29, 1.82) is 0 Å². The number of halogens is 1. The van der Waals surface area contributed by atoms with Gasteiger partial charge in [0.15, 0.2) is 0 Å². The molecule has 1 amide bonds. The van der Waals surface area contributed by atoms with Crippen molar-refractivity contribution in [2.24, 2.45) is 5.10 Å². The molecule has 0 saturated carbocycles. The fourth-order valence-electron chi connectivity index (χ4n) is 2.84. The zero-order chi connectivity index (χ0) is 23.0. The normalized spacial score (nSPS) is 11.3. The predicted molar refractivity (Wildman–Crippen MR) is 126 cm³/mol. The molecule has 7 nitrogen and oxygen atoms in total. The Balaban J connectivity index is 1.80. The van der Waals surface area contributed by atoms with E-state index in [9.17, 15) is 13.2 Å². The third-order valence-electron chi connectivity index (χ3n) is 4.31. The van der Waals surface area contributed by atoms with Gasteiger partial charge in [0, 0.05) is 5.02 Å². The molecule has 3 aromatic carbocycles. The molecular weight excluding hydrogens is 450 g/mol. The summed E-state index contributed by atoms with van der Waals surface area (Å²) in [6.45, 7) is 1.86. The van der Waals surface area contributed by atoms with E-state index >= 15 is 0 Å². The van der Waals surface area contributed by atoms with Crippen LogP contribution in [-0.2, 0) is 14.8 Å². The number of carbonyl (C=O) groups excluding carboxylic acids is 1. The number of nitrogens with one attached hydrogen (secondary N) is 1. The number of amides is 1. The second-order valence-electron chi connectivity index (χ2n) is 6.60. The van der Waals surface area contributed by atoms with Gasteiger partial charge in [-0.1, -0.05) is 41.9 Å². The molecule has 3 aromatic rings. The zero-order valence-corrected chi connectivity index (χ0v) is 18.9. The number of carbonyl (C=O) groups is 1. The van der Waals surface area contributed by atoms with Crippen LogP contribution in [0.4, 0.5) is 5.69 Å². The molecule has 0 heterocycles. The Kier molecular flexibility index (Phi) is 7.86. The van der Waals surface area contributed by atoms with Crippen LogP contribution in [0.3, 0.4) is 0 Å². The van der Waals surface area contributed by atoms with Crippen molar-refractivity contribution in [3.63, 3.8) is 0 Å². The number of sulfonamides is 1. The van der Waals surface area contributed by atoms with Crippen molar-refractivity contribution < 1.29 is 17.9 Å². The van der Waals surface area contributed by atoms with Gasteiger partial charge in [-0.15, -0.1) is 0 Å². The molecule has 1 N–H and O–H groups in total. The smallest absolute Gasteiger partial charge is 0.264 e. The number of rotatable bonds is 9. The molecule has 0 spiro atoms. The summed E-state index contributed by atoms with van der Waals surface area (Å²) in [6, 6.07) is 21.4. The summed E-state index contributed by atoms with van der Waals surface area (Å²) in [7, 11) is -4.02. The van der Waals surface area contributed by atoms with Gasteiger partial charge in [0.1, 0.15) is 12.3 Å². The first kappa shape index (κ1) is 23.3. The van der Waals surface area contributed by atoms with Crippen LogP contribution >= 0.6 is 11.6 Å². The molecule has 0 aliphatic carbocycles. The van der Waals surface area contributed by atoms with Gasteiger partial charge in [-0.05, 0) is 61.0 Å². The third-order valence-corrected chi connectivity index (χ3v) is 6.33. The van der Waals surface area contributed by atoms with E-state index in [1.54, 1.807) is 66.7 Å². The minimum Gasteiger partial charge on any atom is -0.494 e. The highest BCUT2D eigenvalue weighted by Gasteiger charge is 2.27. The van der Waals surface area contributed by atoms with Crippen LogP contribution in [-0.4, -0.2) is 33.7 Å². The quantitative estimate of drug-likeness (QED) is 0.376. The molecule has 0 atom stereocenters. The van der Waals surface area contributed by atoms with Gasteiger partial charge in [0.25, 0.3) is 15.9 Å². The summed E-state index contributed by atoms with van der Waals surface area (Å²) in [6.07, 6.45) is 1.43. The second kappa shape index (κ2) is 10.8. The van der Waals surface area contributed by atoms with E-state index in [0.717, 1.165) is 4.31 Å². The molecule has 0 aliphatic heterocycles. The van der Waals surface area contributed by atoms with E-state index in [1.165, 1.54) is 18.3 Å². The van der Waals surface area contributed by atoms with Gasteiger partial charge in [-0.3, -0.25) is 9.10 Å². The number of benzene rings is 3. The minimum atomic E-state index is -4.02. The first-order valence-corrected chi connectivity index (χ1v) is 11.6. The van der Waals surface area contributed by atoms with Crippen molar-refractivity contribution in [2.75, 3.05) is 17.5 Å². The summed E-state index contributed by atoms with van der Waals surface area (Å²) in [5, 5.41) is 4.43. The summed E-state index contributed by atoms with van der Waals surface area (Å²) in [4.78, 5) is 12.6. The average Bonchev–Trinajstić information content (AvgIpc) is 2.79. The zero-order valence-electron chi connectivity index (χ0n) is 17.3. The van der Waals surface area contributed by atoms with Gasteiger partial charge in [-0.25, -0.2) is 13.8 Å². The van der Waals surface area contributed by atoms with Crippen LogP contribution in [0.5, 0.6) is 5.75 Å². The van der Waals surface area contributed by atoms with E-state index in [2.05, 4.69) is 10.5 Å². The summed E-state index contributed by atoms with van der Waals surface area (Å²) >= 11 is 5.93. The standard InChI is InChI=1S/C23H22ClN3O4S/c1-2-31-21-11-13-22(14-12-21)32(29,30)27(20-9-4-3-5-10-20)17-23(28)26-25-16-18-7-6-8-19(24)15-18/h3-16H,2,17H2,1H3,(H,26,28)/b25-16-. The Morgan fingerprint density at radius 1 is 1.06 bits per heavy atom. The van der Waals surface area contributed by atoms with Crippen LogP contribution in [0, 0.1) is 0 Å². The number of hydrogen-bond acceptors (Lipinski definition) is 5. The maximum atomic E-state index is 13.3. The van der Waals surface area contributed by atoms with Crippen molar-refractivity contribution in [2.45, 2.75) is 11.8 Å². The van der Waals surface area contributed by atoms with E-state index < -0.39 is 22.5 Å². The molecule has 32 heavy (non-hydrogen) atoms. The molecular formula is C23H22ClN3O4S. The van der Waals surface area contributed by atoms with Crippen LogP contribution in [0.2, 0.25) is 5.02 Å². The Labute approximate surface area is 192 Å². The Bertz CT molecular complexity index is 1180. The predicted octanol–water partition coefficient (Wildman–Crippen LogP) is 4.08. The highest BCUT2D eigenvalue weighted by Crippen LogP contribution is 2.25. The molecule has 0 saturated heterocycles. The number of hydrazone groups is 1. The molecule has 0 unspecified atom stereocenters. The molecule has 3 rings (SSSR count). The van der Waals surface area contributed by atoms with E-state index in [0.29, 0.717) is 28.6 Å². The fraction of sp³-hybridized carbons (Fsp3) is 0.130. The van der Waals surface area contributed by atoms with Gasteiger partial charge >= 0.3 is 0 Å². The Morgan fingerprint density at radius 3 is 2.44 bits per heavy atom. The topological polar surface area (TPSA) is 88.1 Å². The summed E-state index contributed by atoms with van der Waals surface area (Å²) in [5.41, 5.74) is 3.41. The lowest BCUT2D eigenvalue weighted by atomic mass is 10.2. The van der Waals surface area contributed by atoms with E-state index in [-0.39, 0.29) is 4.90 Å². The lowest BCUT2D eigenvalue weighted by molar-refractivity contribution is -0.119. The largest absolute Gasteiger partial charge is 0.494 e. The summed E-state index contributed by atoms with van der Waals surface area (Å²) in [5.74, 6) is -0.0348. The maximum Gasteiger partial charge on any atom is 0.264 e. The van der Waals surface area contributed by atoms with Gasteiger partial charge < -0.3 is 4.74 Å². The molecule has 0 radical (unpaired) electrons. The molecule has 0 aromatic heterocycles. The molecule has 166 valence electrons. The molecule has 0 aliphatic rings. The van der Waals surface area contributed by atoms with Gasteiger partial charge in [-0.2, -0.15) is 5.10 Å². The molecule has 0 bridgehead atoms. The van der Waals surface area contributed by atoms with Crippen molar-refractivity contribution in [3.8, 4) is 5.75 Å². The molecule has 0 fully saturated rings. The first-order valence-electron chi connectivity index (χ1n) is 9.78. The average molecular weight is 472 g/mol. The third kappa shape index (κ3) is 6.09. The Hall–Kier alpha value is -3.36. The van der Waals surface area contributed by atoms with Crippen LogP contribution in [0.1, 0.15) is 12.5 Å². The van der Waals surface area contributed by atoms with Crippen LogP contribution in [0.25, 0.3) is 0 Å². The van der Waals surface area contributed by atoms with Crippen LogP contribution in [0.15, 0.2) is 88.9 Å². The fourth-order valence-corrected chi connectivity index (χ4v) is 4.46. The van der Waals surface area contributed by atoms with Gasteiger partial charge in [0.05, 0.1) is 23.4 Å². The van der Waals surface area contributed by atoms with Crippen molar-refractivity contribution in [1.82, 2.24) is 5.43 Å². The van der Waals surface area contributed by atoms with Crippen molar-refractivity contribution >= 4 is 39.4 Å². The number of hydrogen-bond donors (Lipinski definition) is 1. The number of nitrogens with zero attached hydrogens (tertiary/aromatic N) is 2. The number of para-hydroxylation sites is 1.